The standard InChI is InChI=1S/C26H26F3N3O3/c27-26(28,29)34-22-12-10-17(11-13-22)20-14-21(16-32(15-20)25(33)19-8-4-5-9-19)24-30-23(31-35-24)18-6-2-1-3-7-18/h1-3,6-7,10-13,19-21H,4-5,8-9,14-16H2. The number of carbonyl (C=O) groups excluding carboxylic acids is 1. The molecule has 9 heteroatoms. The van der Waals surface area contributed by atoms with Gasteiger partial charge in [0.15, 0.2) is 0 Å². The fourth-order valence-electron chi connectivity index (χ4n) is 5.18. The van der Waals surface area contributed by atoms with Gasteiger partial charge in [-0.05, 0) is 37.0 Å². The molecule has 6 nitrogen and oxygen atoms in total. The van der Waals surface area contributed by atoms with E-state index < -0.39 is 6.36 Å². The molecule has 0 N–H and O–H groups in total. The Morgan fingerprint density at radius 3 is 2.34 bits per heavy atom. The van der Waals surface area contributed by atoms with E-state index in [0.29, 0.717) is 31.2 Å². The number of aromatic nitrogens is 2. The summed E-state index contributed by atoms with van der Waals surface area (Å²) in [6.45, 7) is 0.989. The minimum absolute atomic E-state index is 0.0273. The normalized spacial score (nSPS) is 21.3. The van der Waals surface area contributed by atoms with Gasteiger partial charge in [0.05, 0.1) is 5.92 Å². The second kappa shape index (κ2) is 9.71. The zero-order valence-corrected chi connectivity index (χ0v) is 19.1. The topological polar surface area (TPSA) is 68.5 Å². The van der Waals surface area contributed by atoms with Gasteiger partial charge < -0.3 is 14.2 Å². The Morgan fingerprint density at radius 2 is 1.66 bits per heavy atom. The van der Waals surface area contributed by atoms with Gasteiger partial charge in [-0.2, -0.15) is 4.98 Å². The predicted octanol–water partition coefficient (Wildman–Crippen LogP) is 5.93. The highest BCUT2D eigenvalue weighted by Gasteiger charge is 2.37. The molecule has 0 spiro atoms. The maximum absolute atomic E-state index is 13.3. The van der Waals surface area contributed by atoms with Crippen LogP contribution in [-0.4, -0.2) is 40.4 Å². The molecule has 5 rings (SSSR count). The molecular weight excluding hydrogens is 459 g/mol. The van der Waals surface area contributed by atoms with Crippen LogP contribution in [0.5, 0.6) is 5.75 Å². The van der Waals surface area contributed by atoms with Gasteiger partial charge in [0.2, 0.25) is 17.6 Å². The Morgan fingerprint density at radius 1 is 0.971 bits per heavy atom. The lowest BCUT2D eigenvalue weighted by molar-refractivity contribution is -0.274. The van der Waals surface area contributed by atoms with E-state index in [-0.39, 0.29) is 29.4 Å². The quantitative estimate of drug-likeness (QED) is 0.448. The summed E-state index contributed by atoms with van der Waals surface area (Å²) in [7, 11) is 0. The lowest BCUT2D eigenvalue weighted by atomic mass is 9.83. The van der Waals surface area contributed by atoms with Crippen molar-refractivity contribution in [3.63, 3.8) is 0 Å². The van der Waals surface area contributed by atoms with E-state index in [1.165, 1.54) is 12.1 Å². The largest absolute Gasteiger partial charge is 0.573 e. The Labute approximate surface area is 201 Å². The SMILES string of the molecule is O=C(C1CCCC1)N1CC(c2ccc(OC(F)(F)F)cc2)CC(c2nc(-c3ccccc3)no2)C1. The van der Waals surface area contributed by atoms with Crippen LogP contribution in [0.25, 0.3) is 11.4 Å². The molecule has 2 unspecified atom stereocenters. The average Bonchev–Trinajstić information content (AvgIpc) is 3.56. The first-order valence-corrected chi connectivity index (χ1v) is 11.9. The molecule has 1 saturated heterocycles. The average molecular weight is 486 g/mol. The maximum Gasteiger partial charge on any atom is 0.573 e. The number of hydrogen-bond acceptors (Lipinski definition) is 5. The third kappa shape index (κ3) is 5.49. The summed E-state index contributed by atoms with van der Waals surface area (Å²) >= 11 is 0. The third-order valence-electron chi connectivity index (χ3n) is 6.87. The summed E-state index contributed by atoms with van der Waals surface area (Å²) in [4.78, 5) is 19.8. The highest BCUT2D eigenvalue weighted by Crippen LogP contribution is 2.38. The van der Waals surface area contributed by atoms with Gasteiger partial charge in [0.25, 0.3) is 0 Å². The van der Waals surface area contributed by atoms with E-state index in [0.717, 1.165) is 36.8 Å². The molecule has 1 aliphatic heterocycles. The Kier molecular flexibility index (Phi) is 6.49. The molecule has 0 radical (unpaired) electrons. The van der Waals surface area contributed by atoms with E-state index >= 15 is 0 Å². The van der Waals surface area contributed by atoms with Crippen molar-refractivity contribution in [1.82, 2.24) is 15.0 Å². The monoisotopic (exact) mass is 485 g/mol. The number of halogens is 3. The van der Waals surface area contributed by atoms with Crippen LogP contribution in [0.4, 0.5) is 13.2 Å². The van der Waals surface area contributed by atoms with Crippen molar-refractivity contribution in [2.24, 2.45) is 5.92 Å². The number of nitrogens with zero attached hydrogens (tertiary/aromatic N) is 3. The number of rotatable bonds is 5. The van der Waals surface area contributed by atoms with E-state index in [1.807, 2.05) is 35.2 Å². The lowest BCUT2D eigenvalue weighted by Gasteiger charge is -2.38. The molecule has 1 amide bonds. The minimum Gasteiger partial charge on any atom is -0.406 e. The molecule has 2 aliphatic rings. The summed E-state index contributed by atoms with van der Waals surface area (Å²) in [5, 5.41) is 4.14. The molecule has 1 aliphatic carbocycles. The number of ether oxygens (including phenoxy) is 1. The molecule has 3 aromatic rings. The van der Waals surface area contributed by atoms with E-state index in [1.54, 1.807) is 12.1 Å². The summed E-state index contributed by atoms with van der Waals surface area (Å²) in [5.74, 6) is 0.606. The van der Waals surface area contributed by atoms with Crippen molar-refractivity contribution in [3.8, 4) is 17.1 Å². The second-order valence-corrected chi connectivity index (χ2v) is 9.29. The van der Waals surface area contributed by atoms with Gasteiger partial charge in [-0.1, -0.05) is 60.5 Å². The number of carbonyl (C=O) groups is 1. The first-order valence-electron chi connectivity index (χ1n) is 11.9. The Bertz CT molecular complexity index is 1140. The van der Waals surface area contributed by atoms with E-state index in [9.17, 15) is 18.0 Å². The summed E-state index contributed by atoms with van der Waals surface area (Å²) in [5.41, 5.74) is 1.69. The van der Waals surface area contributed by atoms with Crippen LogP contribution < -0.4 is 4.74 Å². The molecule has 2 atom stereocenters. The first kappa shape index (κ1) is 23.4. The maximum atomic E-state index is 13.3. The zero-order valence-electron chi connectivity index (χ0n) is 19.1. The van der Waals surface area contributed by atoms with Crippen LogP contribution in [0.3, 0.4) is 0 Å². The summed E-state index contributed by atoms with van der Waals surface area (Å²) in [6.07, 6.45) is -0.190. The van der Waals surface area contributed by atoms with Gasteiger partial charge >= 0.3 is 6.36 Å². The number of likely N-dealkylation sites (tertiary alicyclic amines) is 1. The van der Waals surface area contributed by atoms with Crippen LogP contribution in [0.2, 0.25) is 0 Å². The molecule has 1 saturated carbocycles. The highest BCUT2D eigenvalue weighted by atomic mass is 19.4. The molecular formula is C26H26F3N3O3. The predicted molar refractivity (Wildman–Crippen MR) is 121 cm³/mol. The van der Waals surface area contributed by atoms with Crippen molar-refractivity contribution in [2.75, 3.05) is 13.1 Å². The first-order chi connectivity index (χ1) is 16.9. The molecule has 2 heterocycles. The number of amides is 1. The highest BCUT2D eigenvalue weighted by molar-refractivity contribution is 5.79. The van der Waals surface area contributed by atoms with Gasteiger partial charge in [-0.25, -0.2) is 0 Å². The Hall–Kier alpha value is -3.36. The van der Waals surface area contributed by atoms with Gasteiger partial charge in [-0.15, -0.1) is 13.2 Å². The van der Waals surface area contributed by atoms with Crippen molar-refractivity contribution < 1.29 is 27.2 Å². The number of hydrogen-bond donors (Lipinski definition) is 0. The minimum atomic E-state index is -4.74. The fraction of sp³-hybridized carbons (Fsp3) is 0.423. The smallest absolute Gasteiger partial charge is 0.406 e. The molecule has 184 valence electrons. The van der Waals surface area contributed by atoms with Gasteiger partial charge in [0.1, 0.15) is 5.75 Å². The summed E-state index contributed by atoms with van der Waals surface area (Å²) in [6, 6.07) is 15.4. The molecule has 35 heavy (non-hydrogen) atoms. The third-order valence-corrected chi connectivity index (χ3v) is 6.87. The zero-order chi connectivity index (χ0) is 24.4. The second-order valence-electron chi connectivity index (χ2n) is 9.29. The van der Waals surface area contributed by atoms with Crippen LogP contribution in [0, 0.1) is 5.92 Å². The molecule has 2 fully saturated rings. The van der Waals surface area contributed by atoms with Crippen LogP contribution in [-0.2, 0) is 4.79 Å². The number of benzene rings is 2. The molecule has 1 aromatic heterocycles. The van der Waals surface area contributed by atoms with E-state index in [2.05, 4.69) is 14.9 Å². The van der Waals surface area contributed by atoms with Gasteiger partial charge in [0, 0.05) is 30.5 Å². The number of piperidine rings is 1. The Balaban J connectivity index is 1.39. The van der Waals surface area contributed by atoms with Crippen molar-refractivity contribution in [2.45, 2.75) is 50.3 Å². The van der Waals surface area contributed by atoms with Crippen LogP contribution in [0.1, 0.15) is 55.4 Å². The van der Waals surface area contributed by atoms with Crippen molar-refractivity contribution in [1.29, 1.82) is 0 Å². The van der Waals surface area contributed by atoms with Crippen molar-refractivity contribution >= 4 is 5.91 Å². The fourth-order valence-corrected chi connectivity index (χ4v) is 5.18. The number of alkyl halides is 3. The van der Waals surface area contributed by atoms with Gasteiger partial charge in [-0.3, -0.25) is 4.79 Å². The van der Waals surface area contributed by atoms with Crippen LogP contribution in [0.15, 0.2) is 59.1 Å². The van der Waals surface area contributed by atoms with Crippen LogP contribution >= 0.6 is 0 Å². The summed E-state index contributed by atoms with van der Waals surface area (Å²) < 4.78 is 47.3. The lowest BCUT2D eigenvalue weighted by Crippen LogP contribution is -2.44. The van der Waals surface area contributed by atoms with E-state index in [4.69, 9.17) is 4.52 Å². The molecule has 0 bridgehead atoms. The molecule has 2 aromatic carbocycles. The van der Waals surface area contributed by atoms with Crippen molar-refractivity contribution in [3.05, 3.63) is 66.1 Å².